The van der Waals surface area contributed by atoms with Gasteiger partial charge in [-0.3, -0.25) is 0 Å². The van der Waals surface area contributed by atoms with Crippen molar-refractivity contribution in [2.75, 3.05) is 5.32 Å². The summed E-state index contributed by atoms with van der Waals surface area (Å²) in [5, 5.41) is 2.89. The molecule has 21 heavy (non-hydrogen) atoms. The van der Waals surface area contributed by atoms with Gasteiger partial charge in [-0.25, -0.2) is 0 Å². The summed E-state index contributed by atoms with van der Waals surface area (Å²) in [7, 11) is 0. The molecule has 0 aliphatic heterocycles. The monoisotopic (exact) mass is 313 g/mol. The number of nitrogens with one attached hydrogen (secondary N) is 1. The first-order valence-electron chi connectivity index (χ1n) is 6.45. The minimum atomic E-state index is -4.44. The zero-order valence-corrected chi connectivity index (χ0v) is 12.4. The first-order valence-corrected chi connectivity index (χ1v) is 6.83. The number of anilines is 1. The molecule has 0 heterocycles. The fourth-order valence-electron chi connectivity index (χ4n) is 2.13. The predicted molar refractivity (Wildman–Crippen MR) is 79.7 cm³/mol. The van der Waals surface area contributed by atoms with Gasteiger partial charge in [-0.1, -0.05) is 35.9 Å². The van der Waals surface area contributed by atoms with Crippen LogP contribution in [0.15, 0.2) is 36.4 Å². The van der Waals surface area contributed by atoms with Crippen LogP contribution in [0.25, 0.3) is 0 Å². The van der Waals surface area contributed by atoms with E-state index in [2.05, 4.69) is 5.32 Å². The van der Waals surface area contributed by atoms with Crippen molar-refractivity contribution in [1.29, 1.82) is 0 Å². The van der Waals surface area contributed by atoms with Crippen molar-refractivity contribution >= 4 is 17.3 Å². The first-order chi connectivity index (χ1) is 9.80. The zero-order valence-electron chi connectivity index (χ0n) is 11.7. The second-order valence-corrected chi connectivity index (χ2v) is 5.28. The normalized spacial score (nSPS) is 11.5. The molecule has 112 valence electrons. The van der Waals surface area contributed by atoms with E-state index >= 15 is 0 Å². The Labute approximate surface area is 126 Å². The Morgan fingerprint density at radius 1 is 1.05 bits per heavy atom. The van der Waals surface area contributed by atoms with Crippen molar-refractivity contribution in [1.82, 2.24) is 0 Å². The zero-order chi connectivity index (χ0) is 15.6. The van der Waals surface area contributed by atoms with E-state index in [1.54, 1.807) is 0 Å². The molecule has 0 radical (unpaired) electrons. The van der Waals surface area contributed by atoms with E-state index in [-0.39, 0.29) is 10.7 Å². The molecular formula is C16H15ClF3N. The van der Waals surface area contributed by atoms with Crippen LogP contribution in [0.2, 0.25) is 5.02 Å². The molecule has 0 aliphatic rings. The molecule has 0 saturated carbocycles. The van der Waals surface area contributed by atoms with Gasteiger partial charge in [0.05, 0.1) is 16.3 Å². The fourth-order valence-corrected chi connectivity index (χ4v) is 2.37. The molecule has 0 spiro atoms. The average molecular weight is 314 g/mol. The van der Waals surface area contributed by atoms with Crippen LogP contribution in [0, 0.1) is 13.8 Å². The molecule has 0 atom stereocenters. The molecular weight excluding hydrogens is 299 g/mol. The maximum Gasteiger partial charge on any atom is 0.418 e. The summed E-state index contributed by atoms with van der Waals surface area (Å²) in [5.41, 5.74) is 2.28. The molecule has 2 aromatic rings. The number of hydrogen-bond acceptors (Lipinski definition) is 1. The van der Waals surface area contributed by atoms with Gasteiger partial charge in [-0.2, -0.15) is 13.2 Å². The number of para-hydroxylation sites is 1. The molecule has 0 unspecified atom stereocenters. The number of aryl methyl sites for hydroxylation is 1. The van der Waals surface area contributed by atoms with Gasteiger partial charge in [0.2, 0.25) is 0 Å². The van der Waals surface area contributed by atoms with Gasteiger partial charge in [0, 0.05) is 6.54 Å². The Morgan fingerprint density at radius 2 is 1.71 bits per heavy atom. The van der Waals surface area contributed by atoms with E-state index in [1.165, 1.54) is 12.1 Å². The van der Waals surface area contributed by atoms with Crippen molar-refractivity contribution in [2.45, 2.75) is 26.6 Å². The first kappa shape index (κ1) is 15.7. The SMILES string of the molecule is Cc1cccc(CNc2c(Cl)cccc2C(F)(F)F)c1C. The lowest BCUT2D eigenvalue weighted by atomic mass is 10.0. The van der Waals surface area contributed by atoms with Gasteiger partial charge in [-0.15, -0.1) is 0 Å². The third kappa shape index (κ3) is 3.50. The van der Waals surface area contributed by atoms with Crippen LogP contribution in [-0.4, -0.2) is 0 Å². The lowest BCUT2D eigenvalue weighted by Gasteiger charge is -2.17. The smallest absolute Gasteiger partial charge is 0.379 e. The summed E-state index contributed by atoms with van der Waals surface area (Å²) in [6.07, 6.45) is -4.44. The Morgan fingerprint density at radius 3 is 2.38 bits per heavy atom. The summed E-state index contributed by atoms with van der Waals surface area (Å²) in [4.78, 5) is 0. The summed E-state index contributed by atoms with van der Waals surface area (Å²) in [5.74, 6) is 0. The van der Waals surface area contributed by atoms with E-state index in [9.17, 15) is 13.2 Å². The maximum absolute atomic E-state index is 13.0. The minimum absolute atomic E-state index is 0.0649. The molecule has 5 heteroatoms. The Balaban J connectivity index is 2.30. The molecule has 0 bridgehead atoms. The highest BCUT2D eigenvalue weighted by Gasteiger charge is 2.34. The quantitative estimate of drug-likeness (QED) is 0.779. The maximum atomic E-state index is 13.0. The Hall–Kier alpha value is -1.68. The Kier molecular flexibility index (Phi) is 4.47. The lowest BCUT2D eigenvalue weighted by molar-refractivity contribution is -0.136. The summed E-state index contributed by atoms with van der Waals surface area (Å²) in [6.45, 7) is 4.21. The van der Waals surface area contributed by atoms with Gasteiger partial charge in [0.25, 0.3) is 0 Å². The van der Waals surface area contributed by atoms with E-state index in [0.29, 0.717) is 6.54 Å². The highest BCUT2D eigenvalue weighted by molar-refractivity contribution is 6.33. The summed E-state index contributed by atoms with van der Waals surface area (Å²) >= 11 is 5.91. The molecule has 2 aromatic carbocycles. The van der Waals surface area contributed by atoms with Gasteiger partial charge in [0.15, 0.2) is 0 Å². The number of alkyl halides is 3. The molecule has 1 nitrogen and oxygen atoms in total. The van der Waals surface area contributed by atoms with Crippen LogP contribution in [0.3, 0.4) is 0 Å². The van der Waals surface area contributed by atoms with Crippen LogP contribution in [0.1, 0.15) is 22.3 Å². The molecule has 0 saturated heterocycles. The van der Waals surface area contributed by atoms with Gasteiger partial charge < -0.3 is 5.32 Å². The summed E-state index contributed by atoms with van der Waals surface area (Å²) in [6, 6.07) is 9.51. The second-order valence-electron chi connectivity index (χ2n) is 4.87. The highest BCUT2D eigenvalue weighted by Crippen LogP contribution is 2.38. The largest absolute Gasteiger partial charge is 0.418 e. The standard InChI is InChI=1S/C16H15ClF3N/c1-10-5-3-6-12(11(10)2)9-21-15-13(16(18,19)20)7-4-8-14(15)17/h3-8,21H,9H2,1-2H3. The molecule has 0 fully saturated rings. The van der Waals surface area contributed by atoms with Crippen molar-refractivity contribution in [2.24, 2.45) is 0 Å². The van der Waals surface area contributed by atoms with Crippen molar-refractivity contribution in [3.8, 4) is 0 Å². The number of benzene rings is 2. The van der Waals surface area contributed by atoms with Crippen LogP contribution < -0.4 is 5.32 Å². The number of halogens is 4. The second kappa shape index (κ2) is 5.98. The van der Waals surface area contributed by atoms with Gasteiger partial charge in [-0.05, 0) is 42.7 Å². The van der Waals surface area contributed by atoms with Crippen molar-refractivity contribution in [3.05, 3.63) is 63.7 Å². The third-order valence-corrected chi connectivity index (χ3v) is 3.81. The minimum Gasteiger partial charge on any atom is -0.379 e. The Bertz CT molecular complexity index is 650. The lowest BCUT2D eigenvalue weighted by Crippen LogP contribution is -2.11. The van der Waals surface area contributed by atoms with Crippen LogP contribution >= 0.6 is 11.6 Å². The fraction of sp³-hybridized carbons (Fsp3) is 0.250. The number of hydrogen-bond donors (Lipinski definition) is 1. The molecule has 2 rings (SSSR count). The van der Waals surface area contributed by atoms with Gasteiger partial charge >= 0.3 is 6.18 Å². The molecule has 0 aromatic heterocycles. The van der Waals surface area contributed by atoms with Crippen LogP contribution in [0.5, 0.6) is 0 Å². The van der Waals surface area contributed by atoms with Crippen LogP contribution in [-0.2, 0) is 12.7 Å². The van der Waals surface area contributed by atoms with Crippen molar-refractivity contribution < 1.29 is 13.2 Å². The van der Waals surface area contributed by atoms with E-state index in [1.807, 2.05) is 32.0 Å². The molecule has 0 amide bonds. The topological polar surface area (TPSA) is 12.0 Å². The predicted octanol–water partition coefficient (Wildman–Crippen LogP) is 5.59. The van der Waals surface area contributed by atoms with E-state index in [4.69, 9.17) is 11.6 Å². The molecule has 0 aliphatic carbocycles. The average Bonchev–Trinajstić information content (AvgIpc) is 2.40. The third-order valence-electron chi connectivity index (χ3n) is 3.49. The number of rotatable bonds is 3. The van der Waals surface area contributed by atoms with Crippen LogP contribution in [0.4, 0.5) is 18.9 Å². The highest BCUT2D eigenvalue weighted by atomic mass is 35.5. The van der Waals surface area contributed by atoms with E-state index in [0.717, 1.165) is 22.8 Å². The van der Waals surface area contributed by atoms with Crippen molar-refractivity contribution in [3.63, 3.8) is 0 Å². The van der Waals surface area contributed by atoms with E-state index < -0.39 is 11.7 Å². The summed E-state index contributed by atoms with van der Waals surface area (Å²) < 4.78 is 39.0. The molecule has 1 N–H and O–H groups in total. The van der Waals surface area contributed by atoms with Gasteiger partial charge in [0.1, 0.15) is 0 Å².